The number of hydrogen-bond donors (Lipinski definition) is 0. The lowest BCUT2D eigenvalue weighted by atomic mass is 10.3. The molecular formula is C12H18N2O3S. The van der Waals surface area contributed by atoms with E-state index < -0.39 is 0 Å². The van der Waals surface area contributed by atoms with E-state index in [1.165, 1.54) is 20.4 Å². The number of carbonyl (C=O) groups is 1. The molecule has 0 spiro atoms. The van der Waals surface area contributed by atoms with Crippen LogP contribution in [0.25, 0.3) is 0 Å². The molecule has 1 aromatic rings. The van der Waals surface area contributed by atoms with Gasteiger partial charge in [0.2, 0.25) is 11.8 Å². The smallest absolute Gasteiger partial charge is 0.246 e. The number of Topliss-reactive ketones (excluding diaryl/α,β-unsaturated/α-hetero) is 1. The van der Waals surface area contributed by atoms with Gasteiger partial charge in [-0.15, -0.1) is 0 Å². The maximum atomic E-state index is 12.0. The number of methoxy groups -OCH3 is 2. The average molecular weight is 270 g/mol. The van der Waals surface area contributed by atoms with Gasteiger partial charge in [-0.1, -0.05) is 13.8 Å². The summed E-state index contributed by atoms with van der Waals surface area (Å²) in [7, 11) is 2.95. The Balaban J connectivity index is 2.72. The third kappa shape index (κ3) is 4.18. The van der Waals surface area contributed by atoms with Gasteiger partial charge in [-0.05, 0) is 11.7 Å². The summed E-state index contributed by atoms with van der Waals surface area (Å²) in [4.78, 5) is 20.0. The lowest BCUT2D eigenvalue weighted by Crippen LogP contribution is -2.10. The van der Waals surface area contributed by atoms with Gasteiger partial charge >= 0.3 is 0 Å². The van der Waals surface area contributed by atoms with E-state index >= 15 is 0 Å². The summed E-state index contributed by atoms with van der Waals surface area (Å²) < 4.78 is 9.99. The number of rotatable bonds is 7. The molecule has 0 saturated carbocycles. The van der Waals surface area contributed by atoms with Gasteiger partial charge in [0.15, 0.2) is 11.5 Å². The van der Waals surface area contributed by atoms with Crippen LogP contribution in [-0.4, -0.2) is 41.5 Å². The van der Waals surface area contributed by atoms with Crippen LogP contribution in [0.3, 0.4) is 0 Å². The second-order valence-corrected chi connectivity index (χ2v) is 5.13. The Morgan fingerprint density at radius 2 is 2.11 bits per heavy atom. The molecular weight excluding hydrogens is 252 g/mol. The Labute approximate surface area is 111 Å². The average Bonchev–Trinajstić information content (AvgIpc) is 2.37. The number of aromatic nitrogens is 2. The van der Waals surface area contributed by atoms with Gasteiger partial charge in [-0.25, -0.2) is 4.98 Å². The molecule has 5 nitrogen and oxygen atoms in total. The molecule has 1 heterocycles. The van der Waals surface area contributed by atoms with E-state index in [0.717, 1.165) is 5.75 Å². The largest absolute Gasteiger partial charge is 0.480 e. The lowest BCUT2D eigenvalue weighted by Gasteiger charge is -2.07. The second kappa shape index (κ2) is 7.20. The Hall–Kier alpha value is -1.30. The van der Waals surface area contributed by atoms with Gasteiger partial charge in [-0.3, -0.25) is 4.79 Å². The van der Waals surface area contributed by atoms with Gasteiger partial charge in [-0.2, -0.15) is 16.7 Å². The zero-order valence-corrected chi connectivity index (χ0v) is 11.9. The molecule has 0 N–H and O–H groups in total. The topological polar surface area (TPSA) is 61.3 Å². The van der Waals surface area contributed by atoms with E-state index in [2.05, 4.69) is 23.8 Å². The Kier molecular flexibility index (Phi) is 5.91. The third-order valence-electron chi connectivity index (χ3n) is 2.07. The van der Waals surface area contributed by atoms with Crippen LogP contribution in [0.2, 0.25) is 0 Å². The molecule has 0 radical (unpaired) electrons. The highest BCUT2D eigenvalue weighted by Crippen LogP contribution is 2.19. The van der Waals surface area contributed by atoms with Gasteiger partial charge in [0.1, 0.15) is 0 Å². The van der Waals surface area contributed by atoms with Crippen molar-refractivity contribution in [1.82, 2.24) is 9.97 Å². The first-order valence-electron chi connectivity index (χ1n) is 5.64. The van der Waals surface area contributed by atoms with Crippen molar-refractivity contribution < 1.29 is 14.3 Å². The van der Waals surface area contributed by atoms with Crippen molar-refractivity contribution in [3.8, 4) is 11.8 Å². The van der Waals surface area contributed by atoms with Gasteiger partial charge in [0.05, 0.1) is 26.2 Å². The Morgan fingerprint density at radius 3 is 2.67 bits per heavy atom. The van der Waals surface area contributed by atoms with Crippen molar-refractivity contribution in [2.45, 2.75) is 13.8 Å². The fourth-order valence-electron chi connectivity index (χ4n) is 1.24. The highest BCUT2D eigenvalue weighted by Gasteiger charge is 2.16. The van der Waals surface area contributed by atoms with Gasteiger partial charge in [0.25, 0.3) is 0 Å². The van der Waals surface area contributed by atoms with Crippen LogP contribution < -0.4 is 9.47 Å². The van der Waals surface area contributed by atoms with E-state index in [0.29, 0.717) is 17.6 Å². The number of nitrogens with zero attached hydrogens (tertiary/aromatic N) is 2. The first-order chi connectivity index (χ1) is 8.58. The molecule has 100 valence electrons. The fraction of sp³-hybridized carbons (Fsp3) is 0.583. The standard InChI is InChI=1S/C12H18N2O3S/c1-8(2)6-18-7-9(15)11-12(17-4)14-10(16-3)5-13-11/h5,8H,6-7H2,1-4H3. The molecule has 0 unspecified atom stereocenters. The van der Waals surface area contributed by atoms with Crippen molar-refractivity contribution >= 4 is 17.5 Å². The molecule has 0 atom stereocenters. The van der Waals surface area contributed by atoms with E-state index in [1.807, 2.05) is 0 Å². The van der Waals surface area contributed by atoms with Crippen molar-refractivity contribution in [2.75, 3.05) is 25.7 Å². The van der Waals surface area contributed by atoms with Crippen LogP contribution in [0.15, 0.2) is 6.20 Å². The van der Waals surface area contributed by atoms with Crippen LogP contribution in [0.5, 0.6) is 11.8 Å². The van der Waals surface area contributed by atoms with E-state index in [4.69, 9.17) is 9.47 Å². The van der Waals surface area contributed by atoms with Crippen molar-refractivity contribution in [1.29, 1.82) is 0 Å². The monoisotopic (exact) mass is 270 g/mol. The summed E-state index contributed by atoms with van der Waals surface area (Å²) >= 11 is 1.59. The Morgan fingerprint density at radius 1 is 1.39 bits per heavy atom. The van der Waals surface area contributed by atoms with E-state index in [9.17, 15) is 4.79 Å². The maximum Gasteiger partial charge on any atom is 0.246 e. The van der Waals surface area contributed by atoms with E-state index in [1.54, 1.807) is 11.8 Å². The summed E-state index contributed by atoms with van der Waals surface area (Å²) in [6, 6.07) is 0. The maximum absolute atomic E-state index is 12.0. The minimum Gasteiger partial charge on any atom is -0.480 e. The first-order valence-corrected chi connectivity index (χ1v) is 6.80. The van der Waals surface area contributed by atoms with Crippen LogP contribution in [0, 0.1) is 5.92 Å². The number of thioether (sulfide) groups is 1. The summed E-state index contributed by atoms with van der Waals surface area (Å²) in [5, 5.41) is 0. The number of carbonyl (C=O) groups excluding carboxylic acids is 1. The summed E-state index contributed by atoms with van der Waals surface area (Å²) in [5.74, 6) is 2.36. The van der Waals surface area contributed by atoms with E-state index in [-0.39, 0.29) is 17.4 Å². The molecule has 0 aromatic carbocycles. The summed E-state index contributed by atoms with van der Waals surface area (Å²) in [5.41, 5.74) is 0.259. The number of hydrogen-bond acceptors (Lipinski definition) is 6. The normalized spacial score (nSPS) is 10.5. The predicted octanol–water partition coefficient (Wildman–Crippen LogP) is 2.07. The summed E-state index contributed by atoms with van der Waals surface area (Å²) in [6.07, 6.45) is 1.42. The van der Waals surface area contributed by atoms with Gasteiger partial charge < -0.3 is 9.47 Å². The molecule has 6 heteroatoms. The molecule has 0 bridgehead atoms. The highest BCUT2D eigenvalue weighted by atomic mass is 32.2. The molecule has 0 amide bonds. The lowest BCUT2D eigenvalue weighted by molar-refractivity contribution is 0.101. The predicted molar refractivity (Wildman–Crippen MR) is 71.6 cm³/mol. The zero-order valence-electron chi connectivity index (χ0n) is 11.1. The quantitative estimate of drug-likeness (QED) is 0.707. The van der Waals surface area contributed by atoms with Crippen LogP contribution in [0.1, 0.15) is 24.3 Å². The second-order valence-electron chi connectivity index (χ2n) is 4.10. The SMILES string of the molecule is COc1cnc(C(=O)CSCC(C)C)c(OC)n1. The molecule has 0 aliphatic rings. The fourth-order valence-corrected chi connectivity index (χ4v) is 2.16. The van der Waals surface area contributed by atoms with Crippen molar-refractivity contribution in [2.24, 2.45) is 5.92 Å². The minimum absolute atomic E-state index is 0.0762. The molecule has 0 aliphatic carbocycles. The zero-order chi connectivity index (χ0) is 13.5. The van der Waals surface area contributed by atoms with Crippen molar-refractivity contribution in [3.05, 3.63) is 11.9 Å². The molecule has 18 heavy (non-hydrogen) atoms. The first kappa shape index (κ1) is 14.8. The van der Waals surface area contributed by atoms with Crippen LogP contribution >= 0.6 is 11.8 Å². The minimum atomic E-state index is -0.0762. The Bertz CT molecular complexity index is 410. The van der Waals surface area contributed by atoms with Crippen LogP contribution in [0.4, 0.5) is 0 Å². The molecule has 0 aliphatic heterocycles. The van der Waals surface area contributed by atoms with Gasteiger partial charge in [0, 0.05) is 0 Å². The molecule has 1 aromatic heterocycles. The van der Waals surface area contributed by atoms with Crippen molar-refractivity contribution in [3.63, 3.8) is 0 Å². The van der Waals surface area contributed by atoms with Crippen LogP contribution in [-0.2, 0) is 0 Å². The number of ketones is 1. The molecule has 0 fully saturated rings. The summed E-state index contributed by atoms with van der Waals surface area (Å²) in [6.45, 7) is 4.23. The molecule has 0 saturated heterocycles. The third-order valence-corrected chi connectivity index (χ3v) is 3.44. The molecule has 1 rings (SSSR count). The number of ether oxygens (including phenoxy) is 2. The highest BCUT2D eigenvalue weighted by molar-refractivity contribution is 7.99.